The molecule has 25 heavy (non-hydrogen) atoms. The summed E-state index contributed by atoms with van der Waals surface area (Å²) in [5, 5.41) is 12.8. The molecule has 0 fully saturated rings. The lowest BCUT2D eigenvalue weighted by Gasteiger charge is -2.06. The topological polar surface area (TPSA) is 84.1 Å². The fourth-order valence-corrected chi connectivity index (χ4v) is 2.78. The van der Waals surface area contributed by atoms with Gasteiger partial charge in [-0.05, 0) is 37.1 Å². The highest BCUT2D eigenvalue weighted by Gasteiger charge is 2.13. The highest BCUT2D eigenvalue weighted by molar-refractivity contribution is 5.98. The van der Waals surface area contributed by atoms with Crippen LogP contribution in [0.4, 0.5) is 0 Å². The van der Waals surface area contributed by atoms with Crippen molar-refractivity contribution in [3.8, 4) is 6.07 Å². The molecule has 0 unspecified atom stereocenters. The predicted molar refractivity (Wildman–Crippen MR) is 95.1 cm³/mol. The second kappa shape index (κ2) is 8.88. The molecule has 1 aromatic carbocycles. The molecule has 1 aromatic heterocycles. The Labute approximate surface area is 147 Å². The quantitative estimate of drug-likeness (QED) is 0.591. The maximum absolute atomic E-state index is 12.3. The molecular formula is C19H23N3O3. The monoisotopic (exact) mass is 341 g/mol. The van der Waals surface area contributed by atoms with Gasteiger partial charge in [0.1, 0.15) is 5.69 Å². The zero-order chi connectivity index (χ0) is 18.2. The van der Waals surface area contributed by atoms with Crippen LogP contribution in [0.5, 0.6) is 0 Å². The van der Waals surface area contributed by atoms with E-state index in [0.717, 1.165) is 36.6 Å². The van der Waals surface area contributed by atoms with Crippen LogP contribution in [-0.2, 0) is 16.6 Å². The Hall–Kier alpha value is -2.81. The number of esters is 1. The summed E-state index contributed by atoms with van der Waals surface area (Å²) in [6.07, 6.45) is 4.03. The molecule has 0 radical (unpaired) electrons. The third-order valence-corrected chi connectivity index (χ3v) is 4.23. The number of carbonyl (C=O) groups excluding carboxylic acids is 2. The molecule has 132 valence electrons. The molecule has 0 atom stereocenters. The molecule has 0 saturated carbocycles. The molecule has 2 aromatic rings. The number of benzene rings is 1. The first-order valence-corrected chi connectivity index (χ1v) is 8.41. The maximum Gasteiger partial charge on any atom is 0.305 e. The van der Waals surface area contributed by atoms with Crippen molar-refractivity contribution in [1.82, 2.24) is 9.88 Å². The van der Waals surface area contributed by atoms with Crippen LogP contribution < -0.4 is 5.32 Å². The van der Waals surface area contributed by atoms with E-state index in [-0.39, 0.29) is 11.9 Å². The summed E-state index contributed by atoms with van der Waals surface area (Å²) in [5.74, 6) is -0.296. The van der Waals surface area contributed by atoms with Crippen molar-refractivity contribution < 1.29 is 14.3 Å². The Morgan fingerprint density at radius 3 is 2.68 bits per heavy atom. The largest absolute Gasteiger partial charge is 0.469 e. The summed E-state index contributed by atoms with van der Waals surface area (Å²) in [4.78, 5) is 23.3. The number of fused-ring (bicyclic) bond motifs is 1. The van der Waals surface area contributed by atoms with Crippen molar-refractivity contribution in [3.05, 3.63) is 35.5 Å². The molecule has 6 nitrogen and oxygen atoms in total. The number of ether oxygens (including phenoxy) is 1. The summed E-state index contributed by atoms with van der Waals surface area (Å²) in [6, 6.07) is 9.30. The Balaban J connectivity index is 1.81. The van der Waals surface area contributed by atoms with Gasteiger partial charge in [0.05, 0.1) is 18.7 Å². The van der Waals surface area contributed by atoms with Gasteiger partial charge in [-0.3, -0.25) is 9.59 Å². The van der Waals surface area contributed by atoms with Crippen LogP contribution in [0.1, 0.15) is 48.2 Å². The van der Waals surface area contributed by atoms with Gasteiger partial charge in [-0.2, -0.15) is 5.26 Å². The number of nitrogens with one attached hydrogen (secondary N) is 1. The SMILES string of the molecule is COC(=O)CCCCCCNC(=O)c1cc2cc(C#N)ccc2n1C. The molecule has 1 heterocycles. The van der Waals surface area contributed by atoms with E-state index < -0.39 is 0 Å². The van der Waals surface area contributed by atoms with E-state index in [9.17, 15) is 9.59 Å². The Bertz CT molecular complexity index is 802. The van der Waals surface area contributed by atoms with Crippen LogP contribution in [0.25, 0.3) is 10.9 Å². The van der Waals surface area contributed by atoms with E-state index in [1.807, 2.05) is 23.7 Å². The van der Waals surface area contributed by atoms with Crippen molar-refractivity contribution in [2.75, 3.05) is 13.7 Å². The predicted octanol–water partition coefficient (Wildman–Crippen LogP) is 2.90. The third-order valence-electron chi connectivity index (χ3n) is 4.23. The Morgan fingerprint density at radius 1 is 1.20 bits per heavy atom. The van der Waals surface area contributed by atoms with Gasteiger partial charge in [0.15, 0.2) is 0 Å². The van der Waals surface area contributed by atoms with E-state index in [1.165, 1.54) is 7.11 Å². The maximum atomic E-state index is 12.3. The molecular weight excluding hydrogens is 318 g/mol. The number of hydrogen-bond donors (Lipinski definition) is 1. The van der Waals surface area contributed by atoms with Crippen LogP contribution in [0, 0.1) is 11.3 Å². The average Bonchev–Trinajstić information content (AvgIpc) is 2.96. The summed E-state index contributed by atoms with van der Waals surface area (Å²) >= 11 is 0. The summed E-state index contributed by atoms with van der Waals surface area (Å²) in [5.41, 5.74) is 2.08. The number of nitrogens with zero attached hydrogens (tertiary/aromatic N) is 2. The Morgan fingerprint density at radius 2 is 1.96 bits per heavy atom. The lowest BCUT2D eigenvalue weighted by molar-refractivity contribution is -0.140. The van der Waals surface area contributed by atoms with Crippen molar-refractivity contribution >= 4 is 22.8 Å². The first-order chi connectivity index (χ1) is 12.1. The van der Waals surface area contributed by atoms with Crippen LogP contribution in [-0.4, -0.2) is 30.1 Å². The van der Waals surface area contributed by atoms with Gasteiger partial charge in [0.25, 0.3) is 5.91 Å². The lowest BCUT2D eigenvalue weighted by atomic mass is 10.1. The third kappa shape index (κ3) is 4.83. The zero-order valence-corrected chi connectivity index (χ0v) is 14.7. The average molecular weight is 341 g/mol. The van der Waals surface area contributed by atoms with Crippen molar-refractivity contribution in [3.63, 3.8) is 0 Å². The Kier molecular flexibility index (Phi) is 6.58. The minimum atomic E-state index is -0.177. The van der Waals surface area contributed by atoms with Gasteiger partial charge in [-0.1, -0.05) is 12.8 Å². The van der Waals surface area contributed by atoms with Gasteiger partial charge in [0, 0.05) is 30.9 Å². The molecule has 1 amide bonds. The molecule has 0 saturated heterocycles. The lowest BCUT2D eigenvalue weighted by Crippen LogP contribution is -2.26. The summed E-state index contributed by atoms with van der Waals surface area (Å²) in [6.45, 7) is 0.599. The number of hydrogen-bond acceptors (Lipinski definition) is 4. The smallest absolute Gasteiger partial charge is 0.305 e. The van der Waals surface area contributed by atoms with Crippen molar-refractivity contribution in [1.29, 1.82) is 5.26 Å². The highest BCUT2D eigenvalue weighted by atomic mass is 16.5. The number of rotatable bonds is 8. The fraction of sp³-hybridized carbons (Fsp3) is 0.421. The standard InChI is InChI=1S/C19H23N3O3/c1-22-16-9-8-14(13-20)11-15(16)12-17(22)19(24)21-10-6-4-3-5-7-18(23)25-2/h8-9,11-12H,3-7,10H2,1-2H3,(H,21,24). The molecule has 0 spiro atoms. The molecule has 0 aliphatic rings. The van der Waals surface area contributed by atoms with Crippen molar-refractivity contribution in [2.45, 2.75) is 32.1 Å². The van der Waals surface area contributed by atoms with Crippen LogP contribution in [0.3, 0.4) is 0 Å². The van der Waals surface area contributed by atoms with E-state index in [0.29, 0.717) is 24.2 Å². The van der Waals surface area contributed by atoms with Crippen LogP contribution >= 0.6 is 0 Å². The first kappa shape index (κ1) is 18.5. The van der Waals surface area contributed by atoms with Gasteiger partial charge in [-0.25, -0.2) is 0 Å². The number of aryl methyl sites for hydroxylation is 1. The van der Waals surface area contributed by atoms with Gasteiger partial charge in [0.2, 0.25) is 0 Å². The zero-order valence-electron chi connectivity index (χ0n) is 14.7. The molecule has 0 bridgehead atoms. The number of methoxy groups -OCH3 is 1. The van der Waals surface area contributed by atoms with E-state index in [1.54, 1.807) is 12.1 Å². The highest BCUT2D eigenvalue weighted by Crippen LogP contribution is 2.20. The van der Waals surface area contributed by atoms with Gasteiger partial charge >= 0.3 is 5.97 Å². The van der Waals surface area contributed by atoms with E-state index in [2.05, 4.69) is 16.1 Å². The number of unbranched alkanes of at least 4 members (excludes halogenated alkanes) is 3. The van der Waals surface area contributed by atoms with Crippen molar-refractivity contribution in [2.24, 2.45) is 7.05 Å². The normalized spacial score (nSPS) is 10.4. The summed E-state index contributed by atoms with van der Waals surface area (Å²) in [7, 11) is 3.24. The van der Waals surface area contributed by atoms with Crippen LogP contribution in [0.15, 0.2) is 24.3 Å². The number of nitriles is 1. The van der Waals surface area contributed by atoms with Gasteiger partial charge in [-0.15, -0.1) is 0 Å². The first-order valence-electron chi connectivity index (χ1n) is 8.41. The number of amides is 1. The second-order valence-corrected chi connectivity index (χ2v) is 5.97. The van der Waals surface area contributed by atoms with Gasteiger partial charge < -0.3 is 14.6 Å². The fourth-order valence-electron chi connectivity index (χ4n) is 2.78. The molecule has 0 aliphatic heterocycles. The minimum Gasteiger partial charge on any atom is -0.469 e. The van der Waals surface area contributed by atoms with Crippen LogP contribution in [0.2, 0.25) is 0 Å². The molecule has 6 heteroatoms. The molecule has 1 N–H and O–H groups in total. The van der Waals surface area contributed by atoms with E-state index >= 15 is 0 Å². The van der Waals surface area contributed by atoms with E-state index in [4.69, 9.17) is 5.26 Å². The second-order valence-electron chi connectivity index (χ2n) is 5.97. The molecule has 2 rings (SSSR count). The number of carbonyl (C=O) groups is 2. The summed E-state index contributed by atoms with van der Waals surface area (Å²) < 4.78 is 6.43. The number of aromatic nitrogens is 1. The molecule has 0 aliphatic carbocycles. The minimum absolute atomic E-state index is 0.119.